The Balaban J connectivity index is 2.01. The third-order valence-electron chi connectivity index (χ3n) is 4.11. The van der Waals surface area contributed by atoms with Crippen LogP contribution in [0.25, 0.3) is 0 Å². The Hall–Kier alpha value is -0.0800. The van der Waals surface area contributed by atoms with Gasteiger partial charge >= 0.3 is 0 Å². The summed E-state index contributed by atoms with van der Waals surface area (Å²) in [6.07, 6.45) is 2.74. The van der Waals surface area contributed by atoms with E-state index >= 15 is 0 Å². The molecule has 2 fully saturated rings. The summed E-state index contributed by atoms with van der Waals surface area (Å²) in [6, 6.07) is 0. The van der Waals surface area contributed by atoms with E-state index in [4.69, 9.17) is 0 Å². The molecule has 1 spiro atoms. The first-order chi connectivity index (χ1) is 6.06. The predicted molar refractivity (Wildman–Crippen MR) is 55.8 cm³/mol. The molecule has 1 aliphatic carbocycles. The monoisotopic (exact) mass is 182 g/mol. The van der Waals surface area contributed by atoms with Crippen molar-refractivity contribution in [1.82, 2.24) is 10.6 Å². The summed E-state index contributed by atoms with van der Waals surface area (Å²) < 4.78 is 0. The fraction of sp³-hybridized carbons (Fsp3) is 1.00. The molecule has 13 heavy (non-hydrogen) atoms. The van der Waals surface area contributed by atoms with Crippen molar-refractivity contribution >= 4 is 0 Å². The standard InChI is InChI=1S/C11H22N2/c1-9(2)10(3)6-12-8-11(4-5-11)13-7-10/h9,12-13H,4-8H2,1-3H3. The molecule has 2 heteroatoms. The van der Waals surface area contributed by atoms with Crippen LogP contribution in [-0.2, 0) is 0 Å². The second kappa shape index (κ2) is 2.96. The minimum atomic E-state index is 0.437. The molecule has 0 bridgehead atoms. The lowest BCUT2D eigenvalue weighted by Crippen LogP contribution is -2.41. The molecule has 1 aliphatic heterocycles. The van der Waals surface area contributed by atoms with Crippen LogP contribution in [0.3, 0.4) is 0 Å². The van der Waals surface area contributed by atoms with Crippen LogP contribution in [-0.4, -0.2) is 25.2 Å². The summed E-state index contributed by atoms with van der Waals surface area (Å²) in [7, 11) is 0. The van der Waals surface area contributed by atoms with Gasteiger partial charge in [0.15, 0.2) is 0 Å². The Morgan fingerprint density at radius 3 is 2.31 bits per heavy atom. The molecular weight excluding hydrogens is 160 g/mol. The Morgan fingerprint density at radius 1 is 1.08 bits per heavy atom. The lowest BCUT2D eigenvalue weighted by molar-refractivity contribution is 0.215. The van der Waals surface area contributed by atoms with Gasteiger partial charge in [-0.3, -0.25) is 0 Å². The van der Waals surface area contributed by atoms with E-state index < -0.39 is 0 Å². The summed E-state index contributed by atoms with van der Waals surface area (Å²) in [5.41, 5.74) is 0.929. The zero-order valence-electron chi connectivity index (χ0n) is 9.11. The van der Waals surface area contributed by atoms with Gasteiger partial charge in [0.2, 0.25) is 0 Å². The Morgan fingerprint density at radius 2 is 1.77 bits per heavy atom. The molecule has 1 unspecified atom stereocenters. The van der Waals surface area contributed by atoms with E-state index in [-0.39, 0.29) is 0 Å². The summed E-state index contributed by atoms with van der Waals surface area (Å²) in [5.74, 6) is 0.751. The van der Waals surface area contributed by atoms with E-state index in [1.165, 1.54) is 32.5 Å². The molecule has 1 saturated carbocycles. The van der Waals surface area contributed by atoms with Crippen LogP contribution in [0.4, 0.5) is 0 Å². The molecule has 1 saturated heterocycles. The maximum Gasteiger partial charge on any atom is 0.0307 e. The molecule has 0 aromatic heterocycles. The van der Waals surface area contributed by atoms with Crippen LogP contribution in [0.15, 0.2) is 0 Å². The normalized spacial score (nSPS) is 37.8. The van der Waals surface area contributed by atoms with Crippen LogP contribution < -0.4 is 10.6 Å². The zero-order chi connectivity index (χ0) is 9.53. The van der Waals surface area contributed by atoms with Crippen LogP contribution in [0, 0.1) is 11.3 Å². The molecule has 2 rings (SSSR count). The molecule has 76 valence electrons. The molecule has 1 atom stereocenters. The molecule has 0 aromatic rings. The SMILES string of the molecule is CC(C)C1(C)CNCC2(CC2)NC1. The van der Waals surface area contributed by atoms with Crippen molar-refractivity contribution in [2.45, 2.75) is 39.2 Å². The van der Waals surface area contributed by atoms with Gasteiger partial charge in [-0.05, 0) is 24.2 Å². The molecular formula is C11H22N2. The van der Waals surface area contributed by atoms with Crippen molar-refractivity contribution in [2.24, 2.45) is 11.3 Å². The zero-order valence-corrected chi connectivity index (χ0v) is 9.11. The Bertz CT molecular complexity index is 196. The first-order valence-corrected chi connectivity index (χ1v) is 5.52. The third-order valence-corrected chi connectivity index (χ3v) is 4.11. The minimum absolute atomic E-state index is 0.437. The van der Waals surface area contributed by atoms with Crippen LogP contribution in [0.1, 0.15) is 33.6 Å². The topological polar surface area (TPSA) is 24.1 Å². The van der Waals surface area contributed by atoms with E-state index in [0.29, 0.717) is 11.0 Å². The molecule has 1 heterocycles. The van der Waals surface area contributed by atoms with E-state index in [0.717, 1.165) is 5.92 Å². The van der Waals surface area contributed by atoms with Crippen molar-refractivity contribution in [1.29, 1.82) is 0 Å². The van der Waals surface area contributed by atoms with Gasteiger partial charge in [-0.25, -0.2) is 0 Å². The fourth-order valence-electron chi connectivity index (χ4n) is 2.01. The molecule has 2 N–H and O–H groups in total. The lowest BCUT2D eigenvalue weighted by atomic mass is 9.79. The summed E-state index contributed by atoms with van der Waals surface area (Å²) in [5, 5.41) is 7.35. The molecule has 0 amide bonds. The quantitative estimate of drug-likeness (QED) is 0.640. The van der Waals surface area contributed by atoms with Crippen molar-refractivity contribution < 1.29 is 0 Å². The highest BCUT2D eigenvalue weighted by atomic mass is 15.1. The smallest absolute Gasteiger partial charge is 0.0307 e. The van der Waals surface area contributed by atoms with Crippen molar-refractivity contribution in [3.63, 3.8) is 0 Å². The van der Waals surface area contributed by atoms with Gasteiger partial charge in [0.05, 0.1) is 0 Å². The number of hydrogen-bond donors (Lipinski definition) is 2. The van der Waals surface area contributed by atoms with Gasteiger partial charge < -0.3 is 10.6 Å². The number of hydrogen-bond acceptors (Lipinski definition) is 2. The molecule has 2 nitrogen and oxygen atoms in total. The van der Waals surface area contributed by atoms with Crippen molar-refractivity contribution in [2.75, 3.05) is 19.6 Å². The highest BCUT2D eigenvalue weighted by Crippen LogP contribution is 2.38. The van der Waals surface area contributed by atoms with Gasteiger partial charge in [0.25, 0.3) is 0 Å². The second-order valence-corrected chi connectivity index (χ2v) is 5.55. The van der Waals surface area contributed by atoms with Gasteiger partial charge in [-0.2, -0.15) is 0 Å². The number of rotatable bonds is 1. The molecule has 0 radical (unpaired) electrons. The fourth-order valence-corrected chi connectivity index (χ4v) is 2.01. The van der Waals surface area contributed by atoms with Gasteiger partial charge in [-0.1, -0.05) is 20.8 Å². The van der Waals surface area contributed by atoms with Gasteiger partial charge in [0, 0.05) is 25.2 Å². The highest BCUT2D eigenvalue weighted by molar-refractivity contribution is 5.07. The van der Waals surface area contributed by atoms with Crippen LogP contribution in [0.2, 0.25) is 0 Å². The predicted octanol–water partition coefficient (Wildman–Crippen LogP) is 1.37. The number of nitrogens with one attached hydrogen (secondary N) is 2. The first-order valence-electron chi connectivity index (χ1n) is 5.52. The van der Waals surface area contributed by atoms with Gasteiger partial charge in [-0.15, -0.1) is 0 Å². The first kappa shape index (κ1) is 9.47. The lowest BCUT2D eigenvalue weighted by Gasteiger charge is -2.32. The third kappa shape index (κ3) is 1.75. The maximum atomic E-state index is 3.74. The minimum Gasteiger partial charge on any atom is -0.314 e. The van der Waals surface area contributed by atoms with Gasteiger partial charge in [0.1, 0.15) is 0 Å². The van der Waals surface area contributed by atoms with Crippen molar-refractivity contribution in [3.05, 3.63) is 0 Å². The Labute approximate surface area is 81.5 Å². The van der Waals surface area contributed by atoms with Crippen LogP contribution in [0.5, 0.6) is 0 Å². The summed E-state index contributed by atoms with van der Waals surface area (Å²) >= 11 is 0. The summed E-state index contributed by atoms with van der Waals surface area (Å²) in [6.45, 7) is 10.6. The second-order valence-electron chi connectivity index (χ2n) is 5.55. The largest absolute Gasteiger partial charge is 0.314 e. The van der Waals surface area contributed by atoms with E-state index in [9.17, 15) is 0 Å². The van der Waals surface area contributed by atoms with E-state index in [1.54, 1.807) is 0 Å². The average Bonchev–Trinajstić information content (AvgIpc) is 2.84. The Kier molecular flexibility index (Phi) is 2.16. The van der Waals surface area contributed by atoms with Crippen LogP contribution >= 0.6 is 0 Å². The van der Waals surface area contributed by atoms with Crippen molar-refractivity contribution in [3.8, 4) is 0 Å². The van der Waals surface area contributed by atoms with E-state index in [2.05, 4.69) is 31.4 Å². The maximum absolute atomic E-state index is 3.74. The molecule has 0 aromatic carbocycles. The average molecular weight is 182 g/mol. The molecule has 2 aliphatic rings. The summed E-state index contributed by atoms with van der Waals surface area (Å²) in [4.78, 5) is 0. The van der Waals surface area contributed by atoms with E-state index in [1.807, 2.05) is 0 Å². The highest BCUT2D eigenvalue weighted by Gasteiger charge is 2.45.